The van der Waals surface area contributed by atoms with Crippen LogP contribution in [0.4, 0.5) is 4.79 Å². The van der Waals surface area contributed by atoms with Crippen LogP contribution in [0.25, 0.3) is 0 Å². The lowest BCUT2D eigenvalue weighted by Crippen LogP contribution is -2.32. The number of rotatable bonds is 3. The van der Waals surface area contributed by atoms with Crippen molar-refractivity contribution < 1.29 is 14.7 Å². The maximum Gasteiger partial charge on any atom is 0.323 e. The van der Waals surface area contributed by atoms with Crippen LogP contribution >= 0.6 is 15.9 Å². The fourth-order valence-corrected chi connectivity index (χ4v) is 2.38. The zero-order valence-corrected chi connectivity index (χ0v) is 10.5. The highest BCUT2D eigenvalue weighted by Crippen LogP contribution is 2.26. The van der Waals surface area contributed by atoms with E-state index in [-0.39, 0.29) is 18.6 Å². The Hall–Kier alpha value is -1.56. The number of benzene rings is 1. The number of hydrogen-bond donors (Lipinski definition) is 2. The summed E-state index contributed by atoms with van der Waals surface area (Å²) < 4.78 is 0.905. The average Bonchev–Trinajstić information content (AvgIpc) is 2.60. The molecule has 1 unspecified atom stereocenters. The molecule has 1 aliphatic heterocycles. The predicted molar refractivity (Wildman–Crippen MR) is 64.6 cm³/mol. The number of carboxylic acids is 1. The Morgan fingerprint density at radius 3 is 2.88 bits per heavy atom. The molecule has 1 fully saturated rings. The largest absolute Gasteiger partial charge is 0.480 e. The second-order valence-electron chi connectivity index (χ2n) is 3.80. The average molecular weight is 299 g/mol. The van der Waals surface area contributed by atoms with Crippen LogP contribution in [0.1, 0.15) is 11.6 Å². The summed E-state index contributed by atoms with van der Waals surface area (Å²) in [6, 6.07) is 7.05. The van der Waals surface area contributed by atoms with Gasteiger partial charge in [0.15, 0.2) is 0 Å². The number of carbonyl (C=O) groups is 2. The minimum absolute atomic E-state index is 0.169. The highest BCUT2D eigenvalue weighted by atomic mass is 79.9. The van der Waals surface area contributed by atoms with Crippen LogP contribution in [0.2, 0.25) is 0 Å². The summed E-state index contributed by atoms with van der Waals surface area (Å²) in [5.41, 5.74) is 0.953. The van der Waals surface area contributed by atoms with Crippen LogP contribution in [-0.2, 0) is 4.79 Å². The molecule has 1 saturated heterocycles. The first-order chi connectivity index (χ1) is 8.08. The number of aliphatic carboxylic acids is 1. The van der Waals surface area contributed by atoms with Crippen LogP contribution in [-0.4, -0.2) is 35.1 Å². The van der Waals surface area contributed by atoms with Gasteiger partial charge in [-0.05, 0) is 11.6 Å². The Bertz CT molecular complexity index is 464. The molecule has 2 N–H and O–H groups in total. The lowest BCUT2D eigenvalue weighted by atomic mass is 10.1. The molecule has 90 valence electrons. The Kier molecular flexibility index (Phi) is 3.33. The fourth-order valence-electron chi connectivity index (χ4n) is 1.82. The minimum atomic E-state index is -1.01. The van der Waals surface area contributed by atoms with E-state index in [1.165, 1.54) is 4.90 Å². The SMILES string of the molecule is O=C(O)CN1CC(c2ccccc2Br)NC1=O. The topological polar surface area (TPSA) is 69.6 Å². The highest BCUT2D eigenvalue weighted by molar-refractivity contribution is 9.10. The third kappa shape index (κ3) is 2.58. The van der Waals surface area contributed by atoms with Gasteiger partial charge < -0.3 is 15.3 Å². The van der Waals surface area contributed by atoms with Gasteiger partial charge in [-0.15, -0.1) is 0 Å². The Labute approximate surface area is 107 Å². The van der Waals surface area contributed by atoms with E-state index in [0.717, 1.165) is 10.0 Å². The maximum atomic E-state index is 11.5. The first-order valence-corrected chi connectivity index (χ1v) is 5.89. The van der Waals surface area contributed by atoms with Gasteiger partial charge in [-0.25, -0.2) is 4.79 Å². The van der Waals surface area contributed by atoms with Gasteiger partial charge in [0, 0.05) is 11.0 Å². The summed E-state index contributed by atoms with van der Waals surface area (Å²) >= 11 is 3.41. The van der Waals surface area contributed by atoms with E-state index >= 15 is 0 Å². The number of nitrogens with zero attached hydrogens (tertiary/aromatic N) is 1. The van der Waals surface area contributed by atoms with Crippen molar-refractivity contribution in [1.29, 1.82) is 0 Å². The van der Waals surface area contributed by atoms with E-state index in [4.69, 9.17) is 5.11 Å². The molecule has 0 radical (unpaired) electrons. The van der Waals surface area contributed by atoms with Crippen molar-refractivity contribution >= 4 is 27.9 Å². The zero-order chi connectivity index (χ0) is 12.4. The highest BCUT2D eigenvalue weighted by Gasteiger charge is 2.31. The lowest BCUT2D eigenvalue weighted by Gasteiger charge is -2.12. The number of urea groups is 1. The van der Waals surface area contributed by atoms with E-state index in [1.807, 2.05) is 24.3 Å². The van der Waals surface area contributed by atoms with Crippen molar-refractivity contribution in [2.75, 3.05) is 13.1 Å². The summed E-state index contributed by atoms with van der Waals surface area (Å²) in [7, 11) is 0. The molecule has 5 nitrogen and oxygen atoms in total. The van der Waals surface area contributed by atoms with Crippen LogP contribution in [0.3, 0.4) is 0 Å². The van der Waals surface area contributed by atoms with Crippen molar-refractivity contribution in [3.05, 3.63) is 34.3 Å². The number of halogens is 1. The summed E-state index contributed by atoms with van der Waals surface area (Å²) in [6.07, 6.45) is 0. The predicted octanol–water partition coefficient (Wildman–Crippen LogP) is 1.60. The molecule has 1 aliphatic rings. The normalized spacial score (nSPS) is 19.2. The van der Waals surface area contributed by atoms with Gasteiger partial charge in [-0.2, -0.15) is 0 Å². The molecule has 1 aromatic carbocycles. The van der Waals surface area contributed by atoms with E-state index < -0.39 is 5.97 Å². The molecule has 17 heavy (non-hydrogen) atoms. The van der Waals surface area contributed by atoms with E-state index in [0.29, 0.717) is 6.54 Å². The van der Waals surface area contributed by atoms with Crippen LogP contribution in [0.15, 0.2) is 28.7 Å². The van der Waals surface area contributed by atoms with Gasteiger partial charge in [0.05, 0.1) is 6.04 Å². The van der Waals surface area contributed by atoms with Crippen molar-refractivity contribution in [2.24, 2.45) is 0 Å². The minimum Gasteiger partial charge on any atom is -0.480 e. The van der Waals surface area contributed by atoms with Gasteiger partial charge in [0.1, 0.15) is 6.54 Å². The number of carbonyl (C=O) groups excluding carboxylic acids is 1. The standard InChI is InChI=1S/C11H11BrN2O3/c12-8-4-2-1-3-7(8)9-5-14(6-10(15)16)11(17)13-9/h1-4,9H,5-6H2,(H,13,17)(H,15,16). The zero-order valence-electron chi connectivity index (χ0n) is 8.89. The molecular weight excluding hydrogens is 288 g/mol. The Morgan fingerprint density at radius 1 is 1.53 bits per heavy atom. The molecule has 2 amide bonds. The molecular formula is C11H11BrN2O3. The van der Waals surface area contributed by atoms with Crippen LogP contribution in [0.5, 0.6) is 0 Å². The molecule has 0 aromatic heterocycles. The van der Waals surface area contributed by atoms with Gasteiger partial charge in [-0.3, -0.25) is 4.79 Å². The molecule has 0 spiro atoms. The number of amides is 2. The first kappa shape index (κ1) is 11.9. The summed E-state index contributed by atoms with van der Waals surface area (Å²) in [5.74, 6) is -1.01. The van der Waals surface area contributed by atoms with Crippen molar-refractivity contribution in [3.8, 4) is 0 Å². The van der Waals surface area contributed by atoms with Crippen molar-refractivity contribution in [2.45, 2.75) is 6.04 Å². The molecule has 0 bridgehead atoms. The van der Waals surface area contributed by atoms with Gasteiger partial charge in [0.2, 0.25) is 0 Å². The summed E-state index contributed by atoms with van der Waals surface area (Å²) in [5, 5.41) is 11.4. The lowest BCUT2D eigenvalue weighted by molar-refractivity contribution is -0.137. The van der Waals surface area contributed by atoms with Crippen LogP contribution < -0.4 is 5.32 Å². The fraction of sp³-hybridized carbons (Fsp3) is 0.273. The van der Waals surface area contributed by atoms with E-state index in [9.17, 15) is 9.59 Å². The van der Waals surface area contributed by atoms with Crippen molar-refractivity contribution in [1.82, 2.24) is 10.2 Å². The molecule has 0 saturated carbocycles. The number of nitrogens with one attached hydrogen (secondary N) is 1. The number of hydrogen-bond acceptors (Lipinski definition) is 2. The number of carboxylic acid groups (broad SMARTS) is 1. The summed E-state index contributed by atoms with van der Waals surface area (Å²) in [4.78, 5) is 23.4. The van der Waals surface area contributed by atoms with Gasteiger partial charge in [0.25, 0.3) is 0 Å². The molecule has 1 aromatic rings. The monoisotopic (exact) mass is 298 g/mol. The quantitative estimate of drug-likeness (QED) is 0.890. The molecule has 1 heterocycles. The Morgan fingerprint density at radius 2 is 2.24 bits per heavy atom. The van der Waals surface area contributed by atoms with Crippen molar-refractivity contribution in [3.63, 3.8) is 0 Å². The van der Waals surface area contributed by atoms with Crippen LogP contribution in [0, 0.1) is 0 Å². The maximum absolute atomic E-state index is 11.5. The summed E-state index contributed by atoms with van der Waals surface area (Å²) in [6.45, 7) is 0.0978. The molecule has 2 rings (SSSR count). The second kappa shape index (κ2) is 4.75. The smallest absolute Gasteiger partial charge is 0.323 e. The first-order valence-electron chi connectivity index (χ1n) is 5.09. The molecule has 0 aliphatic carbocycles. The molecule has 1 atom stereocenters. The Balaban J connectivity index is 2.14. The second-order valence-corrected chi connectivity index (χ2v) is 4.65. The van der Waals surface area contributed by atoms with Gasteiger partial charge in [-0.1, -0.05) is 34.1 Å². The van der Waals surface area contributed by atoms with Gasteiger partial charge >= 0.3 is 12.0 Å². The third-order valence-corrected chi connectivity index (χ3v) is 3.32. The van der Waals surface area contributed by atoms with E-state index in [1.54, 1.807) is 0 Å². The third-order valence-electron chi connectivity index (χ3n) is 2.59. The molecule has 6 heteroatoms. The van der Waals surface area contributed by atoms with E-state index in [2.05, 4.69) is 21.2 Å².